The zero-order chi connectivity index (χ0) is 23.9. The molecule has 34 heavy (non-hydrogen) atoms. The number of nitrogens with zero attached hydrogens (tertiary/aromatic N) is 4. The summed E-state index contributed by atoms with van der Waals surface area (Å²) in [5, 5.41) is 13.5. The molecule has 0 spiro atoms. The van der Waals surface area contributed by atoms with Crippen molar-refractivity contribution >= 4 is 24.5 Å². The molecule has 0 amide bonds. The van der Waals surface area contributed by atoms with E-state index in [0.29, 0.717) is 23.9 Å². The van der Waals surface area contributed by atoms with Crippen LogP contribution >= 0.6 is 0 Å². The number of nitrogens with two attached hydrogens (primary N) is 1. The first-order chi connectivity index (χ1) is 16.3. The van der Waals surface area contributed by atoms with Gasteiger partial charge in [0.15, 0.2) is 5.82 Å². The number of aromatic nitrogens is 4. The fourth-order valence-corrected chi connectivity index (χ4v) is 9.87. The second-order valence-electron chi connectivity index (χ2n) is 10.1. The van der Waals surface area contributed by atoms with E-state index in [-0.39, 0.29) is 17.0 Å². The number of aliphatic hydroxyl groups excluding tert-OH is 1. The molecule has 7 nitrogen and oxygen atoms in total. The molecule has 3 aliphatic rings. The van der Waals surface area contributed by atoms with Crippen LogP contribution in [0.3, 0.4) is 0 Å². The van der Waals surface area contributed by atoms with E-state index in [2.05, 4.69) is 84.3 Å². The molecule has 0 saturated heterocycles. The van der Waals surface area contributed by atoms with Crippen LogP contribution < -0.4 is 16.1 Å². The molecule has 8 heteroatoms. The lowest BCUT2D eigenvalue weighted by Crippen LogP contribution is -2.67. The molecule has 0 unspecified atom stereocenters. The van der Waals surface area contributed by atoms with Crippen LogP contribution in [0.2, 0.25) is 5.04 Å². The fraction of sp³-hybridized carbons (Fsp3) is 0.346. The van der Waals surface area contributed by atoms with E-state index in [0.717, 1.165) is 6.42 Å². The predicted molar refractivity (Wildman–Crippen MR) is 136 cm³/mol. The van der Waals surface area contributed by atoms with E-state index in [9.17, 15) is 5.11 Å². The molecule has 2 aromatic rings. The monoisotopic (exact) mass is 473 g/mol. The fourth-order valence-electron chi connectivity index (χ4n) is 5.25. The van der Waals surface area contributed by atoms with Gasteiger partial charge in [0.2, 0.25) is 0 Å². The number of hydrogen-bond donors (Lipinski definition) is 2. The summed E-state index contributed by atoms with van der Waals surface area (Å²) in [4.78, 5) is 12.6. The maximum Gasteiger partial charge on any atom is 0.261 e. The zero-order valence-corrected chi connectivity index (χ0v) is 20.8. The highest BCUT2D eigenvalue weighted by molar-refractivity contribution is 6.99. The van der Waals surface area contributed by atoms with Gasteiger partial charge in [-0.05, 0) is 21.8 Å². The van der Waals surface area contributed by atoms with Gasteiger partial charge in [-0.2, -0.15) is 0 Å². The zero-order valence-electron chi connectivity index (χ0n) is 19.8. The van der Waals surface area contributed by atoms with Gasteiger partial charge in [-0.3, -0.25) is 0 Å². The van der Waals surface area contributed by atoms with Gasteiger partial charge in [-0.1, -0.05) is 81.4 Å². The standard InChI is InChI=1S/C26H31N5O2Si/c1-26(2,3)34(19-10-6-4-7-11-19,20-12-8-5-9-13-20)33-15-18-14-21(23(18)32)31-17-30-25-22(24(31)27)28-16-29-25/h4-13,16-18,21,23,32H,14-15,27H2,1-3H3/t18-,21-,23-/m1/s1. The topological polar surface area (TPSA) is 99.1 Å². The van der Waals surface area contributed by atoms with E-state index < -0.39 is 14.4 Å². The minimum atomic E-state index is -2.64. The van der Waals surface area contributed by atoms with Crippen LogP contribution in [-0.4, -0.2) is 45.7 Å². The summed E-state index contributed by atoms with van der Waals surface area (Å²) in [5.41, 5.74) is 6.89. The van der Waals surface area contributed by atoms with E-state index in [1.807, 2.05) is 16.7 Å². The molecule has 3 atom stereocenters. The van der Waals surface area contributed by atoms with Gasteiger partial charge in [-0.25, -0.2) is 15.0 Å². The Kier molecular flexibility index (Phi) is 5.75. The van der Waals surface area contributed by atoms with Crippen LogP contribution in [0.1, 0.15) is 33.2 Å². The Balaban J connectivity index is 1.42. The van der Waals surface area contributed by atoms with Crippen LogP contribution in [0.15, 0.2) is 73.3 Å². The van der Waals surface area contributed by atoms with E-state index in [1.165, 1.54) is 16.7 Å². The van der Waals surface area contributed by atoms with Crippen molar-refractivity contribution in [3.8, 4) is 11.5 Å². The van der Waals surface area contributed by atoms with Crippen molar-refractivity contribution < 1.29 is 9.53 Å². The molecule has 1 fully saturated rings. The number of anilines is 1. The summed E-state index contributed by atoms with van der Waals surface area (Å²) in [7, 11) is -2.64. The second-order valence-corrected chi connectivity index (χ2v) is 14.4. The summed E-state index contributed by atoms with van der Waals surface area (Å²) in [6, 6.07) is 21.0. The van der Waals surface area contributed by atoms with Crippen molar-refractivity contribution in [1.82, 2.24) is 19.5 Å². The molecule has 2 heterocycles. The smallest absolute Gasteiger partial charge is 0.261 e. The summed E-state index contributed by atoms with van der Waals surface area (Å²) < 4.78 is 8.83. The Hall–Kier alpha value is -3.07. The quantitative estimate of drug-likeness (QED) is 0.418. The summed E-state index contributed by atoms with van der Waals surface area (Å²) >= 11 is 0. The maximum atomic E-state index is 11.1. The molecule has 3 N–H and O–H groups in total. The number of rotatable bonds is 6. The Morgan fingerprint density at radius 1 is 1.00 bits per heavy atom. The van der Waals surface area contributed by atoms with Crippen LogP contribution in [0.5, 0.6) is 0 Å². The molecule has 0 bridgehead atoms. The predicted octanol–water partition coefficient (Wildman–Crippen LogP) is 2.86. The largest absolute Gasteiger partial charge is 0.407 e. The van der Waals surface area contributed by atoms with E-state index in [4.69, 9.17) is 10.2 Å². The third kappa shape index (κ3) is 3.62. The van der Waals surface area contributed by atoms with Crippen LogP contribution in [0, 0.1) is 5.92 Å². The summed E-state index contributed by atoms with van der Waals surface area (Å²) in [6.45, 7) is 7.27. The first kappa shape index (κ1) is 22.7. The Morgan fingerprint density at radius 2 is 1.62 bits per heavy atom. The lowest BCUT2D eigenvalue weighted by Gasteiger charge is -2.47. The van der Waals surface area contributed by atoms with Gasteiger partial charge in [-0.15, -0.1) is 0 Å². The molecule has 1 saturated carbocycles. The van der Waals surface area contributed by atoms with Crippen LogP contribution in [-0.2, 0) is 4.43 Å². The first-order valence-electron chi connectivity index (χ1n) is 11.7. The highest BCUT2D eigenvalue weighted by atomic mass is 28.4. The third-order valence-corrected chi connectivity index (χ3v) is 12.1. The summed E-state index contributed by atoms with van der Waals surface area (Å²) in [5.74, 6) is 1.02. The van der Waals surface area contributed by atoms with Gasteiger partial charge in [0.05, 0.1) is 18.5 Å². The minimum absolute atomic E-state index is 0.0139. The molecule has 1 aliphatic carbocycles. The molecular weight excluding hydrogens is 442 g/mol. The molecule has 2 aromatic carbocycles. The Morgan fingerprint density at radius 3 is 2.18 bits per heavy atom. The number of imidazole rings is 1. The SMILES string of the molecule is CC(C)(C)[Si](OC[C@H]1C[C@@H](n2cnc3ncnc-3c2N)[C@@H]1O)(c1ccccc1)c1ccccc1. The maximum absolute atomic E-state index is 11.1. The molecule has 5 rings (SSSR count). The Bertz CT molecular complexity index is 1190. The van der Waals surface area contributed by atoms with Gasteiger partial charge < -0.3 is 19.8 Å². The molecule has 0 radical (unpaired) electrons. The van der Waals surface area contributed by atoms with Crippen LogP contribution in [0.25, 0.3) is 11.5 Å². The third-order valence-electron chi connectivity index (χ3n) is 7.11. The van der Waals surface area contributed by atoms with E-state index >= 15 is 0 Å². The average molecular weight is 474 g/mol. The minimum Gasteiger partial charge on any atom is -0.407 e. The number of nitrogen functional groups attached to an aromatic ring is 1. The number of hydrogen-bond acceptors (Lipinski definition) is 6. The van der Waals surface area contributed by atoms with Gasteiger partial charge in [0.1, 0.15) is 17.8 Å². The summed E-state index contributed by atoms with van der Waals surface area (Å²) in [6.07, 6.45) is 3.29. The molecule has 176 valence electrons. The molecule has 2 aliphatic heterocycles. The van der Waals surface area contributed by atoms with Crippen molar-refractivity contribution in [1.29, 1.82) is 0 Å². The second kappa shape index (κ2) is 8.61. The molecular formula is C26H31N5O2Si. The van der Waals surface area contributed by atoms with Crippen molar-refractivity contribution in [2.24, 2.45) is 5.92 Å². The van der Waals surface area contributed by atoms with Gasteiger partial charge in [0.25, 0.3) is 8.32 Å². The number of aliphatic hydroxyl groups is 1. The average Bonchev–Trinajstić information content (AvgIpc) is 3.32. The van der Waals surface area contributed by atoms with E-state index in [1.54, 1.807) is 6.33 Å². The van der Waals surface area contributed by atoms with Crippen molar-refractivity contribution in [2.75, 3.05) is 12.3 Å². The van der Waals surface area contributed by atoms with Gasteiger partial charge >= 0.3 is 0 Å². The normalized spacial score (nSPS) is 20.9. The first-order valence-corrected chi connectivity index (χ1v) is 13.6. The molecule has 0 aromatic heterocycles. The Labute approximate surface area is 201 Å². The highest BCUT2D eigenvalue weighted by Gasteiger charge is 2.52. The van der Waals surface area contributed by atoms with Crippen molar-refractivity contribution in [3.63, 3.8) is 0 Å². The van der Waals surface area contributed by atoms with Crippen molar-refractivity contribution in [2.45, 2.75) is 44.4 Å². The lowest BCUT2D eigenvalue weighted by atomic mass is 9.77. The van der Waals surface area contributed by atoms with Crippen molar-refractivity contribution in [3.05, 3.63) is 73.3 Å². The van der Waals surface area contributed by atoms with Gasteiger partial charge in [0, 0.05) is 12.5 Å². The lowest BCUT2D eigenvalue weighted by molar-refractivity contribution is -0.0530. The number of benzene rings is 2. The number of fused-ring (bicyclic) bond motifs is 1. The highest BCUT2D eigenvalue weighted by Crippen LogP contribution is 2.43. The van der Waals surface area contributed by atoms with Crippen LogP contribution in [0.4, 0.5) is 5.82 Å².